The van der Waals surface area contributed by atoms with Crippen LogP contribution in [0.1, 0.15) is 27.2 Å². The molecule has 2 N–H and O–H groups in total. The van der Waals surface area contributed by atoms with Crippen molar-refractivity contribution >= 4 is 5.91 Å². The molecule has 100 valence electrons. The standard InChI is InChI=1S/C13H27N3O/c1-4-16(5-2)8-6-7-15-13(17)12-10-14-9-11(12)3/h11-12,14H,4-10H2,1-3H3,(H,15,17). The highest BCUT2D eigenvalue weighted by Gasteiger charge is 2.28. The lowest BCUT2D eigenvalue weighted by Gasteiger charge is -2.18. The lowest BCUT2D eigenvalue weighted by molar-refractivity contribution is -0.125. The number of nitrogens with one attached hydrogen (secondary N) is 2. The summed E-state index contributed by atoms with van der Waals surface area (Å²) < 4.78 is 0. The highest BCUT2D eigenvalue weighted by Crippen LogP contribution is 2.15. The SMILES string of the molecule is CCN(CC)CCCNC(=O)C1CNCC1C. The van der Waals surface area contributed by atoms with Gasteiger partial charge in [-0.15, -0.1) is 0 Å². The lowest BCUT2D eigenvalue weighted by atomic mass is 9.97. The molecule has 0 spiro atoms. The first kappa shape index (κ1) is 14.5. The number of carbonyl (C=O) groups excluding carboxylic acids is 1. The second-order valence-electron chi connectivity index (χ2n) is 4.91. The number of nitrogens with zero attached hydrogens (tertiary/aromatic N) is 1. The second kappa shape index (κ2) is 7.67. The molecular formula is C13H27N3O. The summed E-state index contributed by atoms with van der Waals surface area (Å²) in [5.74, 6) is 0.864. The Morgan fingerprint density at radius 1 is 1.35 bits per heavy atom. The van der Waals surface area contributed by atoms with Crippen LogP contribution in [0.3, 0.4) is 0 Å². The maximum atomic E-state index is 11.9. The summed E-state index contributed by atoms with van der Waals surface area (Å²) >= 11 is 0. The summed E-state index contributed by atoms with van der Waals surface area (Å²) in [6.07, 6.45) is 1.04. The molecule has 0 bridgehead atoms. The van der Waals surface area contributed by atoms with Crippen LogP contribution in [0, 0.1) is 11.8 Å². The Labute approximate surface area is 105 Å². The molecule has 4 nitrogen and oxygen atoms in total. The lowest BCUT2D eigenvalue weighted by Crippen LogP contribution is -2.36. The van der Waals surface area contributed by atoms with E-state index in [1.807, 2.05) is 0 Å². The number of hydrogen-bond donors (Lipinski definition) is 2. The first-order valence-corrected chi connectivity index (χ1v) is 6.89. The van der Waals surface area contributed by atoms with E-state index in [-0.39, 0.29) is 11.8 Å². The van der Waals surface area contributed by atoms with E-state index in [1.165, 1.54) is 0 Å². The molecule has 1 rings (SSSR count). The summed E-state index contributed by atoms with van der Waals surface area (Å²) in [6.45, 7) is 12.4. The van der Waals surface area contributed by atoms with Crippen LogP contribution in [0.5, 0.6) is 0 Å². The van der Waals surface area contributed by atoms with Gasteiger partial charge in [0.1, 0.15) is 0 Å². The van der Waals surface area contributed by atoms with E-state index in [0.29, 0.717) is 5.92 Å². The van der Waals surface area contributed by atoms with Crippen molar-refractivity contribution in [1.29, 1.82) is 0 Å². The first-order chi connectivity index (χ1) is 8.19. The van der Waals surface area contributed by atoms with Crippen LogP contribution < -0.4 is 10.6 Å². The van der Waals surface area contributed by atoms with Crippen LogP contribution in [0.4, 0.5) is 0 Å². The Balaban J connectivity index is 2.12. The van der Waals surface area contributed by atoms with Crippen molar-refractivity contribution in [1.82, 2.24) is 15.5 Å². The molecule has 0 saturated carbocycles. The van der Waals surface area contributed by atoms with E-state index in [9.17, 15) is 4.79 Å². The third kappa shape index (κ3) is 4.64. The van der Waals surface area contributed by atoms with Crippen molar-refractivity contribution in [3.8, 4) is 0 Å². The maximum Gasteiger partial charge on any atom is 0.224 e. The van der Waals surface area contributed by atoms with Gasteiger partial charge in [0.05, 0.1) is 5.92 Å². The third-order valence-corrected chi connectivity index (χ3v) is 3.70. The fraction of sp³-hybridized carbons (Fsp3) is 0.923. The van der Waals surface area contributed by atoms with Crippen molar-refractivity contribution in [2.24, 2.45) is 11.8 Å². The monoisotopic (exact) mass is 241 g/mol. The Hall–Kier alpha value is -0.610. The minimum atomic E-state index is 0.170. The molecule has 0 aromatic heterocycles. The Kier molecular flexibility index (Phi) is 6.52. The zero-order valence-electron chi connectivity index (χ0n) is 11.5. The van der Waals surface area contributed by atoms with Crippen molar-refractivity contribution in [2.45, 2.75) is 27.2 Å². The summed E-state index contributed by atoms with van der Waals surface area (Å²) in [6, 6.07) is 0. The zero-order chi connectivity index (χ0) is 12.7. The summed E-state index contributed by atoms with van der Waals surface area (Å²) in [5.41, 5.74) is 0. The van der Waals surface area contributed by atoms with E-state index >= 15 is 0 Å². The Morgan fingerprint density at radius 3 is 2.59 bits per heavy atom. The molecule has 1 aliphatic heterocycles. The van der Waals surface area contributed by atoms with Gasteiger partial charge in [-0.05, 0) is 38.5 Å². The molecule has 0 aliphatic carbocycles. The molecule has 1 heterocycles. The van der Waals surface area contributed by atoms with Crippen LogP contribution in [-0.2, 0) is 4.79 Å². The second-order valence-corrected chi connectivity index (χ2v) is 4.91. The minimum absolute atomic E-state index is 0.170. The van der Waals surface area contributed by atoms with Gasteiger partial charge >= 0.3 is 0 Å². The fourth-order valence-electron chi connectivity index (χ4n) is 2.35. The van der Waals surface area contributed by atoms with Gasteiger partial charge in [-0.25, -0.2) is 0 Å². The Bertz CT molecular complexity index is 229. The molecule has 1 saturated heterocycles. The minimum Gasteiger partial charge on any atom is -0.356 e. The third-order valence-electron chi connectivity index (χ3n) is 3.70. The molecular weight excluding hydrogens is 214 g/mol. The maximum absolute atomic E-state index is 11.9. The molecule has 1 amide bonds. The van der Waals surface area contributed by atoms with Crippen molar-refractivity contribution < 1.29 is 4.79 Å². The average molecular weight is 241 g/mol. The quantitative estimate of drug-likeness (QED) is 0.645. The molecule has 4 heteroatoms. The van der Waals surface area contributed by atoms with E-state index in [2.05, 4.69) is 36.3 Å². The van der Waals surface area contributed by atoms with Crippen LogP contribution in [0.2, 0.25) is 0 Å². The van der Waals surface area contributed by atoms with E-state index in [4.69, 9.17) is 0 Å². The van der Waals surface area contributed by atoms with Gasteiger partial charge < -0.3 is 15.5 Å². The molecule has 2 unspecified atom stereocenters. The largest absolute Gasteiger partial charge is 0.356 e. The average Bonchev–Trinajstić information content (AvgIpc) is 2.75. The predicted molar refractivity (Wildman–Crippen MR) is 70.9 cm³/mol. The van der Waals surface area contributed by atoms with Gasteiger partial charge in [0, 0.05) is 13.1 Å². The van der Waals surface area contributed by atoms with E-state index < -0.39 is 0 Å². The summed E-state index contributed by atoms with van der Waals surface area (Å²) in [7, 11) is 0. The van der Waals surface area contributed by atoms with Gasteiger partial charge in [-0.2, -0.15) is 0 Å². The number of rotatable bonds is 7. The van der Waals surface area contributed by atoms with Gasteiger partial charge in [0.2, 0.25) is 5.91 Å². The number of carbonyl (C=O) groups is 1. The molecule has 1 aliphatic rings. The molecule has 1 fully saturated rings. The van der Waals surface area contributed by atoms with Gasteiger partial charge in [-0.3, -0.25) is 4.79 Å². The highest BCUT2D eigenvalue weighted by molar-refractivity contribution is 5.79. The smallest absolute Gasteiger partial charge is 0.224 e. The molecule has 17 heavy (non-hydrogen) atoms. The molecule has 2 atom stereocenters. The van der Waals surface area contributed by atoms with Gasteiger partial charge in [0.15, 0.2) is 0 Å². The van der Waals surface area contributed by atoms with Crippen molar-refractivity contribution in [3.05, 3.63) is 0 Å². The zero-order valence-corrected chi connectivity index (χ0v) is 11.5. The van der Waals surface area contributed by atoms with E-state index in [1.54, 1.807) is 0 Å². The summed E-state index contributed by atoms with van der Waals surface area (Å²) in [5, 5.41) is 6.31. The number of hydrogen-bond acceptors (Lipinski definition) is 3. The van der Waals surface area contributed by atoms with Gasteiger partial charge in [-0.1, -0.05) is 20.8 Å². The van der Waals surface area contributed by atoms with E-state index in [0.717, 1.165) is 45.7 Å². The fourth-order valence-corrected chi connectivity index (χ4v) is 2.35. The number of amides is 1. The summed E-state index contributed by atoms with van der Waals surface area (Å²) in [4.78, 5) is 14.3. The first-order valence-electron chi connectivity index (χ1n) is 6.89. The van der Waals surface area contributed by atoms with Crippen molar-refractivity contribution in [2.75, 3.05) is 39.3 Å². The molecule has 0 radical (unpaired) electrons. The predicted octanol–water partition coefficient (Wildman–Crippen LogP) is 0.690. The van der Waals surface area contributed by atoms with Crippen molar-refractivity contribution in [3.63, 3.8) is 0 Å². The van der Waals surface area contributed by atoms with Gasteiger partial charge in [0.25, 0.3) is 0 Å². The van der Waals surface area contributed by atoms with Crippen LogP contribution >= 0.6 is 0 Å². The van der Waals surface area contributed by atoms with Crippen LogP contribution in [-0.4, -0.2) is 50.1 Å². The Morgan fingerprint density at radius 2 is 2.06 bits per heavy atom. The molecule has 0 aromatic rings. The van der Waals surface area contributed by atoms with Crippen LogP contribution in [0.25, 0.3) is 0 Å². The van der Waals surface area contributed by atoms with Crippen LogP contribution in [0.15, 0.2) is 0 Å². The highest BCUT2D eigenvalue weighted by atomic mass is 16.1. The normalized spacial score (nSPS) is 24.2. The molecule has 0 aromatic carbocycles. The topological polar surface area (TPSA) is 44.4 Å².